The first kappa shape index (κ1) is 11.5. The smallest absolute Gasteiger partial charge is 0.304 e. The van der Waals surface area contributed by atoms with Gasteiger partial charge in [-0.2, -0.15) is 5.10 Å². The Bertz CT molecular complexity index is 341. The van der Waals surface area contributed by atoms with E-state index >= 15 is 0 Å². The standard InChI is InChI=1S/C10H11ClN2O2/c1-8(14)15-10(11)7-12-13-9-5-3-2-4-6-9/h2-7,10,13H,1H3/b12-7+. The lowest BCUT2D eigenvalue weighted by molar-refractivity contribution is -0.140. The van der Waals surface area contributed by atoms with Gasteiger partial charge in [-0.25, -0.2) is 0 Å². The monoisotopic (exact) mass is 226 g/mol. The predicted molar refractivity (Wildman–Crippen MR) is 60.0 cm³/mol. The number of ether oxygens (including phenoxy) is 1. The number of hydrazone groups is 1. The highest BCUT2D eigenvalue weighted by Gasteiger charge is 2.02. The number of nitrogens with zero attached hydrogens (tertiary/aromatic N) is 1. The summed E-state index contributed by atoms with van der Waals surface area (Å²) in [6, 6.07) is 9.36. The van der Waals surface area contributed by atoms with Gasteiger partial charge in [0.25, 0.3) is 0 Å². The molecule has 0 heterocycles. The average Bonchev–Trinajstić information content (AvgIpc) is 2.18. The third-order valence-corrected chi connectivity index (χ3v) is 1.64. The first-order valence-corrected chi connectivity index (χ1v) is 4.77. The molecule has 5 heteroatoms. The van der Waals surface area contributed by atoms with Crippen LogP contribution in [0.3, 0.4) is 0 Å². The molecule has 0 aliphatic rings. The van der Waals surface area contributed by atoms with Crippen LogP contribution in [0.5, 0.6) is 0 Å². The van der Waals surface area contributed by atoms with Crippen molar-refractivity contribution in [1.29, 1.82) is 0 Å². The number of anilines is 1. The molecule has 4 nitrogen and oxygen atoms in total. The van der Waals surface area contributed by atoms with Gasteiger partial charge in [0.1, 0.15) is 0 Å². The van der Waals surface area contributed by atoms with Gasteiger partial charge in [-0.1, -0.05) is 29.8 Å². The molecule has 80 valence electrons. The molecule has 1 atom stereocenters. The van der Waals surface area contributed by atoms with Gasteiger partial charge in [-0.3, -0.25) is 10.2 Å². The zero-order valence-electron chi connectivity index (χ0n) is 8.18. The molecule has 0 aromatic heterocycles. The number of para-hydroxylation sites is 1. The molecule has 0 saturated heterocycles. The molecule has 1 N–H and O–H groups in total. The maximum Gasteiger partial charge on any atom is 0.304 e. The lowest BCUT2D eigenvalue weighted by Crippen LogP contribution is -2.11. The van der Waals surface area contributed by atoms with Crippen molar-refractivity contribution in [2.45, 2.75) is 12.5 Å². The van der Waals surface area contributed by atoms with Crippen LogP contribution in [0.2, 0.25) is 0 Å². The minimum Gasteiger partial charge on any atom is -0.440 e. The minimum absolute atomic E-state index is 0.443. The summed E-state index contributed by atoms with van der Waals surface area (Å²) in [5, 5.41) is 3.81. The van der Waals surface area contributed by atoms with Crippen LogP contribution in [0.25, 0.3) is 0 Å². The van der Waals surface area contributed by atoms with Gasteiger partial charge in [-0.15, -0.1) is 0 Å². The van der Waals surface area contributed by atoms with Gasteiger partial charge in [0.2, 0.25) is 5.56 Å². The third kappa shape index (κ3) is 5.02. The number of rotatable bonds is 4. The fourth-order valence-electron chi connectivity index (χ4n) is 0.872. The van der Waals surface area contributed by atoms with Gasteiger partial charge < -0.3 is 4.74 Å². The van der Waals surface area contributed by atoms with Crippen LogP contribution in [0.1, 0.15) is 6.92 Å². The lowest BCUT2D eigenvalue weighted by Gasteiger charge is -2.03. The molecule has 1 aromatic rings. The SMILES string of the molecule is CC(=O)OC(Cl)/C=N/Nc1ccccc1. The zero-order valence-corrected chi connectivity index (χ0v) is 8.94. The molecule has 0 aliphatic heterocycles. The van der Waals surface area contributed by atoms with E-state index in [0.29, 0.717) is 0 Å². The summed E-state index contributed by atoms with van der Waals surface area (Å²) in [7, 11) is 0. The van der Waals surface area contributed by atoms with E-state index in [0.717, 1.165) is 5.69 Å². The van der Waals surface area contributed by atoms with Gasteiger partial charge in [-0.05, 0) is 12.1 Å². The van der Waals surface area contributed by atoms with Crippen molar-refractivity contribution in [1.82, 2.24) is 0 Å². The number of halogens is 1. The number of alkyl halides is 1. The third-order valence-electron chi connectivity index (χ3n) is 1.44. The second-order valence-electron chi connectivity index (χ2n) is 2.72. The fourth-order valence-corrected chi connectivity index (χ4v) is 1.05. The van der Waals surface area contributed by atoms with Crippen molar-refractivity contribution in [2.24, 2.45) is 5.10 Å². The molecule has 1 rings (SSSR count). The highest BCUT2D eigenvalue weighted by Crippen LogP contribution is 2.04. The van der Waals surface area contributed by atoms with Crippen LogP contribution in [0.15, 0.2) is 35.4 Å². The summed E-state index contributed by atoms with van der Waals surface area (Å²) in [4.78, 5) is 10.5. The highest BCUT2D eigenvalue weighted by atomic mass is 35.5. The topological polar surface area (TPSA) is 50.7 Å². The molecule has 0 bridgehead atoms. The van der Waals surface area contributed by atoms with Gasteiger partial charge in [0.15, 0.2) is 0 Å². The first-order chi connectivity index (χ1) is 7.18. The van der Waals surface area contributed by atoms with Crippen LogP contribution >= 0.6 is 11.6 Å². The molecule has 1 unspecified atom stereocenters. The Morgan fingerprint density at radius 1 is 1.53 bits per heavy atom. The second-order valence-corrected chi connectivity index (χ2v) is 3.15. The first-order valence-electron chi connectivity index (χ1n) is 4.34. The maximum absolute atomic E-state index is 10.5. The summed E-state index contributed by atoms with van der Waals surface area (Å²) < 4.78 is 4.63. The fraction of sp³-hybridized carbons (Fsp3) is 0.200. The Hall–Kier alpha value is -1.55. The van der Waals surface area contributed by atoms with E-state index < -0.39 is 11.5 Å². The average molecular weight is 227 g/mol. The molecule has 0 fully saturated rings. The molecule has 0 radical (unpaired) electrons. The summed E-state index contributed by atoms with van der Waals surface area (Å²) in [6.45, 7) is 1.29. The van der Waals surface area contributed by atoms with Crippen LogP contribution in [-0.4, -0.2) is 17.7 Å². The Kier molecular flexibility index (Phi) is 4.63. The Morgan fingerprint density at radius 2 is 2.20 bits per heavy atom. The largest absolute Gasteiger partial charge is 0.440 e. The van der Waals surface area contributed by atoms with E-state index in [1.165, 1.54) is 13.1 Å². The van der Waals surface area contributed by atoms with Crippen molar-refractivity contribution in [3.05, 3.63) is 30.3 Å². The van der Waals surface area contributed by atoms with Crippen molar-refractivity contribution in [3.63, 3.8) is 0 Å². The van der Waals surface area contributed by atoms with Gasteiger partial charge in [0.05, 0.1) is 11.9 Å². The molecule has 0 spiro atoms. The van der Waals surface area contributed by atoms with Gasteiger partial charge >= 0.3 is 5.97 Å². The van der Waals surface area contributed by atoms with E-state index in [9.17, 15) is 4.79 Å². The number of nitrogens with one attached hydrogen (secondary N) is 1. The summed E-state index contributed by atoms with van der Waals surface area (Å²) in [5.41, 5.74) is 2.73. The van der Waals surface area contributed by atoms with E-state index in [2.05, 4.69) is 15.3 Å². The zero-order chi connectivity index (χ0) is 11.1. The Balaban J connectivity index is 2.36. The normalized spacial score (nSPS) is 12.4. The van der Waals surface area contributed by atoms with Crippen molar-refractivity contribution in [2.75, 3.05) is 5.43 Å². The number of esters is 1. The summed E-state index contributed by atoms with van der Waals surface area (Å²) in [5.74, 6) is -0.443. The molecule has 1 aromatic carbocycles. The molecule has 0 amide bonds. The van der Waals surface area contributed by atoms with Crippen LogP contribution in [0, 0.1) is 0 Å². The molecule has 0 saturated carbocycles. The molecular formula is C10H11ClN2O2. The Labute approximate surface area is 92.9 Å². The van der Waals surface area contributed by atoms with E-state index in [4.69, 9.17) is 11.6 Å². The summed E-state index contributed by atoms with van der Waals surface area (Å²) in [6.07, 6.45) is 1.30. The Morgan fingerprint density at radius 3 is 2.80 bits per heavy atom. The van der Waals surface area contributed by atoms with Crippen molar-refractivity contribution < 1.29 is 9.53 Å². The number of carbonyl (C=O) groups excluding carboxylic acids is 1. The summed E-state index contributed by atoms with van der Waals surface area (Å²) >= 11 is 5.61. The molecule has 15 heavy (non-hydrogen) atoms. The minimum atomic E-state index is -0.848. The van der Waals surface area contributed by atoms with Gasteiger partial charge in [0, 0.05) is 6.92 Å². The number of hydrogen-bond donors (Lipinski definition) is 1. The lowest BCUT2D eigenvalue weighted by atomic mass is 10.3. The second kappa shape index (κ2) is 6.03. The van der Waals surface area contributed by atoms with Crippen LogP contribution in [-0.2, 0) is 9.53 Å². The highest BCUT2D eigenvalue weighted by molar-refractivity contribution is 6.27. The van der Waals surface area contributed by atoms with E-state index in [1.54, 1.807) is 0 Å². The molecule has 0 aliphatic carbocycles. The maximum atomic E-state index is 10.5. The quantitative estimate of drug-likeness (QED) is 0.371. The number of carbonyl (C=O) groups is 1. The number of hydrogen-bond acceptors (Lipinski definition) is 4. The van der Waals surface area contributed by atoms with Crippen LogP contribution in [0.4, 0.5) is 5.69 Å². The van der Waals surface area contributed by atoms with E-state index in [-0.39, 0.29) is 0 Å². The van der Waals surface area contributed by atoms with Crippen molar-refractivity contribution >= 4 is 29.5 Å². The number of benzene rings is 1. The molecular weight excluding hydrogens is 216 g/mol. The van der Waals surface area contributed by atoms with E-state index in [1.807, 2.05) is 30.3 Å². The predicted octanol–water partition coefficient (Wildman–Crippen LogP) is 2.21. The van der Waals surface area contributed by atoms with Crippen molar-refractivity contribution in [3.8, 4) is 0 Å². The van der Waals surface area contributed by atoms with Crippen LogP contribution < -0.4 is 5.43 Å².